The number of nitrogens with zero attached hydrogens (tertiary/aromatic N) is 1. The molecule has 14 heavy (non-hydrogen) atoms. The monoisotopic (exact) mass is 239 g/mol. The fourth-order valence-corrected chi connectivity index (χ4v) is 3.68. The van der Waals surface area contributed by atoms with E-state index in [2.05, 4.69) is 0 Å². The van der Waals surface area contributed by atoms with Crippen molar-refractivity contribution in [1.82, 2.24) is 4.31 Å². The van der Waals surface area contributed by atoms with Crippen LogP contribution in [0, 0.1) is 0 Å². The molecule has 3 nitrogen and oxygen atoms in total. The van der Waals surface area contributed by atoms with Crippen LogP contribution in [0.4, 0.5) is 0 Å². The van der Waals surface area contributed by atoms with E-state index in [1.54, 1.807) is 25.1 Å². The summed E-state index contributed by atoms with van der Waals surface area (Å²) >= 11 is 5.75. The summed E-state index contributed by atoms with van der Waals surface area (Å²) in [5.41, 5.74) is 0. The van der Waals surface area contributed by atoms with Crippen LogP contribution in [0.3, 0.4) is 0 Å². The molecule has 0 aromatic rings. The van der Waals surface area contributed by atoms with Gasteiger partial charge in [0.15, 0.2) is 0 Å². The van der Waals surface area contributed by atoms with Crippen LogP contribution in [0.2, 0.25) is 0 Å². The summed E-state index contributed by atoms with van der Waals surface area (Å²) < 4.78 is 25.0. The quantitative estimate of drug-likeness (QED) is 0.690. The van der Waals surface area contributed by atoms with Crippen LogP contribution in [-0.2, 0) is 10.0 Å². The largest absolute Gasteiger partial charge is 0.219 e. The van der Waals surface area contributed by atoms with Gasteiger partial charge >= 0.3 is 0 Å². The van der Waals surface area contributed by atoms with Gasteiger partial charge in [-0.3, -0.25) is 0 Å². The second kappa shape index (κ2) is 3.99. The molecule has 0 bridgehead atoms. The Labute approximate surface area is 91.5 Å². The molecule has 1 unspecified atom stereocenters. The zero-order valence-corrected chi connectivity index (χ0v) is 10.5. The van der Waals surface area contributed by atoms with E-state index in [9.17, 15) is 8.42 Å². The molecule has 5 heteroatoms. The van der Waals surface area contributed by atoms with E-state index >= 15 is 0 Å². The number of rotatable bonds is 2. The third-order valence-corrected chi connectivity index (χ3v) is 5.59. The molecule has 0 N–H and O–H groups in total. The van der Waals surface area contributed by atoms with Gasteiger partial charge in [0.2, 0.25) is 10.0 Å². The number of alkyl halides is 1. The number of halogens is 1. The van der Waals surface area contributed by atoms with Crippen molar-refractivity contribution in [3.8, 4) is 0 Å². The summed E-state index contributed by atoms with van der Waals surface area (Å²) in [6, 6.07) is 0.000826. The van der Waals surface area contributed by atoms with Crippen LogP contribution in [0.15, 0.2) is 0 Å². The van der Waals surface area contributed by atoms with E-state index in [-0.39, 0.29) is 6.04 Å². The summed E-state index contributed by atoms with van der Waals surface area (Å²) in [5, 5.41) is 0. The standard InChI is InChI=1S/C9H18ClNO2S/c1-9(2,3)14(12,13)11-6-4-5-8(11)7-10/h8H,4-7H2,1-3H3. The Balaban J connectivity index is 2.93. The van der Waals surface area contributed by atoms with E-state index in [0.29, 0.717) is 12.4 Å². The zero-order chi connectivity index (χ0) is 11.0. The van der Waals surface area contributed by atoms with Crippen LogP contribution >= 0.6 is 11.6 Å². The van der Waals surface area contributed by atoms with Crippen LogP contribution in [-0.4, -0.2) is 35.9 Å². The van der Waals surface area contributed by atoms with Gasteiger partial charge in [0.05, 0.1) is 4.75 Å². The van der Waals surface area contributed by atoms with Crippen molar-refractivity contribution in [2.24, 2.45) is 0 Å². The van der Waals surface area contributed by atoms with Crippen molar-refractivity contribution in [3.63, 3.8) is 0 Å². The SMILES string of the molecule is CC(C)(C)S(=O)(=O)N1CCCC1CCl. The highest BCUT2D eigenvalue weighted by molar-refractivity contribution is 7.90. The van der Waals surface area contributed by atoms with Crippen LogP contribution < -0.4 is 0 Å². The Morgan fingerprint density at radius 3 is 2.43 bits per heavy atom. The van der Waals surface area contributed by atoms with Gasteiger partial charge in [-0.25, -0.2) is 8.42 Å². The lowest BCUT2D eigenvalue weighted by molar-refractivity contribution is 0.394. The molecule has 0 aliphatic carbocycles. The molecular weight excluding hydrogens is 222 g/mol. The van der Waals surface area contributed by atoms with Crippen molar-refractivity contribution in [2.75, 3.05) is 12.4 Å². The molecule has 0 spiro atoms. The van der Waals surface area contributed by atoms with E-state index < -0.39 is 14.8 Å². The Bertz CT molecular complexity index is 294. The van der Waals surface area contributed by atoms with Crippen molar-refractivity contribution >= 4 is 21.6 Å². The smallest absolute Gasteiger partial charge is 0.212 e. The first-order chi connectivity index (χ1) is 6.30. The summed E-state index contributed by atoms with van der Waals surface area (Å²) in [5.74, 6) is 0.398. The van der Waals surface area contributed by atoms with Gasteiger partial charge in [-0.15, -0.1) is 11.6 Å². The van der Waals surface area contributed by atoms with Crippen LogP contribution in [0.25, 0.3) is 0 Å². The molecule has 1 aliphatic heterocycles. The molecule has 1 heterocycles. The molecule has 1 saturated heterocycles. The third kappa shape index (κ3) is 2.07. The first-order valence-corrected chi connectivity index (χ1v) is 6.85. The van der Waals surface area contributed by atoms with E-state index in [1.807, 2.05) is 0 Å². The highest BCUT2D eigenvalue weighted by Crippen LogP contribution is 2.28. The lowest BCUT2D eigenvalue weighted by Crippen LogP contribution is -2.45. The minimum absolute atomic E-state index is 0.000826. The van der Waals surface area contributed by atoms with Crippen molar-refractivity contribution in [1.29, 1.82) is 0 Å². The lowest BCUT2D eigenvalue weighted by atomic mass is 10.3. The number of hydrogen-bond acceptors (Lipinski definition) is 2. The van der Waals surface area contributed by atoms with E-state index in [0.717, 1.165) is 12.8 Å². The lowest BCUT2D eigenvalue weighted by Gasteiger charge is -2.30. The average molecular weight is 240 g/mol. The van der Waals surface area contributed by atoms with Crippen molar-refractivity contribution in [2.45, 2.75) is 44.4 Å². The Morgan fingerprint density at radius 1 is 1.43 bits per heavy atom. The van der Waals surface area contributed by atoms with Crippen LogP contribution in [0.5, 0.6) is 0 Å². The second-order valence-electron chi connectivity index (χ2n) is 4.68. The van der Waals surface area contributed by atoms with Gasteiger partial charge in [-0.1, -0.05) is 0 Å². The molecular formula is C9H18ClNO2S. The van der Waals surface area contributed by atoms with Crippen LogP contribution in [0.1, 0.15) is 33.6 Å². The second-order valence-corrected chi connectivity index (χ2v) is 7.63. The Kier molecular flexibility index (Phi) is 3.49. The van der Waals surface area contributed by atoms with E-state index in [4.69, 9.17) is 11.6 Å². The highest BCUT2D eigenvalue weighted by Gasteiger charge is 2.40. The molecule has 0 aromatic heterocycles. The first kappa shape index (κ1) is 12.3. The molecule has 1 fully saturated rings. The predicted molar refractivity (Wildman–Crippen MR) is 59.1 cm³/mol. The maximum Gasteiger partial charge on any atom is 0.219 e. The summed E-state index contributed by atoms with van der Waals surface area (Å²) in [6.45, 7) is 5.81. The van der Waals surface area contributed by atoms with Gasteiger partial charge in [0.25, 0.3) is 0 Å². The molecule has 84 valence electrons. The highest BCUT2D eigenvalue weighted by atomic mass is 35.5. The van der Waals surface area contributed by atoms with Gasteiger partial charge in [0.1, 0.15) is 0 Å². The molecule has 1 rings (SSSR count). The van der Waals surface area contributed by atoms with Crippen molar-refractivity contribution in [3.05, 3.63) is 0 Å². The number of sulfonamides is 1. The van der Waals surface area contributed by atoms with Gasteiger partial charge in [-0.2, -0.15) is 4.31 Å². The molecule has 0 amide bonds. The minimum atomic E-state index is -3.19. The van der Waals surface area contributed by atoms with Gasteiger partial charge in [-0.05, 0) is 33.6 Å². The summed E-state index contributed by atoms with van der Waals surface area (Å²) in [7, 11) is -3.19. The molecule has 0 aromatic carbocycles. The van der Waals surface area contributed by atoms with E-state index in [1.165, 1.54) is 0 Å². The van der Waals surface area contributed by atoms with Gasteiger partial charge < -0.3 is 0 Å². The maximum atomic E-state index is 12.1. The Hall–Kier alpha value is 0.200. The normalized spacial score (nSPS) is 25.6. The Morgan fingerprint density at radius 2 is 2.00 bits per heavy atom. The number of hydrogen-bond donors (Lipinski definition) is 0. The molecule has 0 radical (unpaired) electrons. The molecule has 1 aliphatic rings. The molecule has 1 atom stereocenters. The fraction of sp³-hybridized carbons (Fsp3) is 1.00. The van der Waals surface area contributed by atoms with Gasteiger partial charge in [0, 0.05) is 18.5 Å². The topological polar surface area (TPSA) is 37.4 Å². The summed E-state index contributed by atoms with van der Waals surface area (Å²) in [6.07, 6.45) is 1.81. The fourth-order valence-electron chi connectivity index (χ4n) is 1.63. The first-order valence-electron chi connectivity index (χ1n) is 4.88. The maximum absolute atomic E-state index is 12.1. The van der Waals surface area contributed by atoms with Crippen molar-refractivity contribution < 1.29 is 8.42 Å². The zero-order valence-electron chi connectivity index (χ0n) is 8.96. The molecule has 0 saturated carbocycles. The third-order valence-electron chi connectivity index (χ3n) is 2.58. The average Bonchev–Trinajstić information content (AvgIpc) is 2.49. The summed E-state index contributed by atoms with van der Waals surface area (Å²) in [4.78, 5) is 0. The predicted octanol–water partition coefficient (Wildman–Crippen LogP) is 1.82. The minimum Gasteiger partial charge on any atom is -0.212 e.